The molecule has 0 saturated carbocycles. The molecule has 24 heavy (non-hydrogen) atoms. The summed E-state index contributed by atoms with van der Waals surface area (Å²) < 4.78 is 12.8. The normalized spacial score (nSPS) is 19.1. The van der Waals surface area contributed by atoms with Crippen molar-refractivity contribution in [2.75, 3.05) is 13.3 Å². The van der Waals surface area contributed by atoms with E-state index < -0.39 is 0 Å². The maximum atomic E-state index is 13.2. The zero-order valence-electron chi connectivity index (χ0n) is 14.2. The minimum atomic E-state index is 0.00232. The average molecular weight is 327 g/mol. The fourth-order valence-electron chi connectivity index (χ4n) is 3.84. The first kappa shape index (κ1) is 15.1. The number of rotatable bonds is 2. The van der Waals surface area contributed by atoms with Crippen LogP contribution in [0.25, 0.3) is 0 Å². The van der Waals surface area contributed by atoms with Gasteiger partial charge in [0, 0.05) is 24.8 Å². The Kier molecular flexibility index (Phi) is 3.48. The number of fused-ring (bicyclic) bond motifs is 1. The van der Waals surface area contributed by atoms with Crippen molar-refractivity contribution in [2.45, 2.75) is 32.7 Å². The van der Waals surface area contributed by atoms with E-state index >= 15 is 0 Å². The van der Waals surface area contributed by atoms with E-state index in [2.05, 4.69) is 12.0 Å². The highest BCUT2D eigenvalue weighted by Crippen LogP contribution is 2.40. The molecule has 4 rings (SSSR count). The van der Waals surface area contributed by atoms with E-state index in [0.717, 1.165) is 30.8 Å². The molecule has 0 bridgehead atoms. The van der Waals surface area contributed by atoms with Gasteiger partial charge < -0.3 is 14.4 Å². The Labute approximate surface area is 141 Å². The van der Waals surface area contributed by atoms with Crippen LogP contribution in [0.1, 0.15) is 46.2 Å². The van der Waals surface area contributed by atoms with Crippen molar-refractivity contribution >= 4 is 5.91 Å². The molecule has 1 saturated heterocycles. The van der Waals surface area contributed by atoms with Crippen LogP contribution in [0.5, 0.6) is 11.5 Å². The summed E-state index contributed by atoms with van der Waals surface area (Å²) in [5, 5.41) is 4.51. The molecule has 1 aromatic heterocycles. The van der Waals surface area contributed by atoms with Gasteiger partial charge in [0.1, 0.15) is 0 Å². The fraction of sp³-hybridized carbons (Fsp3) is 0.444. The molecule has 0 radical (unpaired) electrons. The molecule has 1 atom stereocenters. The summed E-state index contributed by atoms with van der Waals surface area (Å²) in [6, 6.07) is 5.56. The summed E-state index contributed by atoms with van der Waals surface area (Å²) in [5.74, 6) is 1.21. The first-order chi connectivity index (χ1) is 11.6. The lowest BCUT2D eigenvalue weighted by Gasteiger charge is -2.26. The molecule has 2 aliphatic rings. The molecule has 0 aliphatic carbocycles. The van der Waals surface area contributed by atoms with Crippen molar-refractivity contribution in [2.24, 2.45) is 7.05 Å². The third-order valence-electron chi connectivity index (χ3n) is 5.04. The number of benzene rings is 1. The van der Waals surface area contributed by atoms with Crippen molar-refractivity contribution < 1.29 is 14.3 Å². The highest BCUT2D eigenvalue weighted by molar-refractivity contribution is 5.98. The Morgan fingerprint density at radius 2 is 2.12 bits per heavy atom. The predicted octanol–water partition coefficient (Wildman–Crippen LogP) is 2.74. The van der Waals surface area contributed by atoms with E-state index in [0.29, 0.717) is 17.1 Å². The van der Waals surface area contributed by atoms with Gasteiger partial charge in [0.05, 0.1) is 17.3 Å². The molecule has 3 heterocycles. The van der Waals surface area contributed by atoms with E-state index in [1.807, 2.05) is 41.8 Å². The summed E-state index contributed by atoms with van der Waals surface area (Å²) in [5.41, 5.74) is 3.87. The number of aryl methyl sites for hydroxylation is 2. The van der Waals surface area contributed by atoms with Gasteiger partial charge in [-0.2, -0.15) is 5.10 Å². The monoisotopic (exact) mass is 327 g/mol. The second kappa shape index (κ2) is 5.54. The Morgan fingerprint density at radius 3 is 2.88 bits per heavy atom. The maximum Gasteiger partial charge on any atom is 0.258 e. The lowest BCUT2D eigenvalue weighted by atomic mass is 10.0. The molecule has 0 spiro atoms. The van der Waals surface area contributed by atoms with Gasteiger partial charge in [0.25, 0.3) is 5.91 Å². The number of hydrogen-bond acceptors (Lipinski definition) is 4. The van der Waals surface area contributed by atoms with Gasteiger partial charge in [-0.3, -0.25) is 9.48 Å². The quantitative estimate of drug-likeness (QED) is 0.851. The number of carbonyl (C=O) groups is 1. The number of carbonyl (C=O) groups excluding carboxylic acids is 1. The Morgan fingerprint density at radius 1 is 1.29 bits per heavy atom. The fourth-order valence-corrected chi connectivity index (χ4v) is 3.84. The molecular weight excluding hydrogens is 306 g/mol. The number of aromatic nitrogens is 2. The van der Waals surface area contributed by atoms with Gasteiger partial charge in [-0.05, 0) is 38.8 Å². The molecule has 6 heteroatoms. The molecule has 0 N–H and O–H groups in total. The van der Waals surface area contributed by atoms with Crippen molar-refractivity contribution in [1.29, 1.82) is 0 Å². The Balaban J connectivity index is 1.71. The summed E-state index contributed by atoms with van der Waals surface area (Å²) in [6.45, 7) is 5.00. The number of hydrogen-bond donors (Lipinski definition) is 0. The Bertz CT molecular complexity index is 812. The van der Waals surface area contributed by atoms with Crippen LogP contribution in [-0.4, -0.2) is 33.9 Å². The van der Waals surface area contributed by atoms with Crippen molar-refractivity contribution in [3.8, 4) is 11.5 Å². The van der Waals surface area contributed by atoms with Gasteiger partial charge in [-0.25, -0.2) is 0 Å². The summed E-state index contributed by atoms with van der Waals surface area (Å²) >= 11 is 0. The van der Waals surface area contributed by atoms with Gasteiger partial charge in [-0.15, -0.1) is 0 Å². The molecule has 1 amide bonds. The predicted molar refractivity (Wildman–Crippen MR) is 88.3 cm³/mol. The van der Waals surface area contributed by atoms with Crippen molar-refractivity contribution in [1.82, 2.24) is 14.7 Å². The third-order valence-corrected chi connectivity index (χ3v) is 5.04. The van der Waals surface area contributed by atoms with E-state index in [9.17, 15) is 4.79 Å². The number of likely N-dealkylation sites (tertiary alicyclic amines) is 1. The average Bonchev–Trinajstić information content (AvgIpc) is 3.26. The van der Waals surface area contributed by atoms with Gasteiger partial charge in [-0.1, -0.05) is 6.07 Å². The van der Waals surface area contributed by atoms with Crippen LogP contribution >= 0.6 is 0 Å². The van der Waals surface area contributed by atoms with E-state index in [4.69, 9.17) is 9.47 Å². The number of ether oxygens (including phenoxy) is 2. The third kappa shape index (κ3) is 2.17. The minimum absolute atomic E-state index is 0.00232. The van der Waals surface area contributed by atoms with Crippen molar-refractivity contribution in [3.63, 3.8) is 0 Å². The lowest BCUT2D eigenvalue weighted by Crippen LogP contribution is -2.31. The standard InChI is InChI=1S/C18H21N3O3/c1-11-16(12(2)20(3)19-11)14-7-5-9-21(14)18(22)13-6-4-8-15-17(13)24-10-23-15/h4,6,8,14H,5,7,9-10H2,1-3H3/t14-/m1/s1. The van der Waals surface area contributed by atoms with Gasteiger partial charge in [0.15, 0.2) is 11.5 Å². The maximum absolute atomic E-state index is 13.2. The molecule has 0 unspecified atom stereocenters. The van der Waals surface area contributed by atoms with Crippen molar-refractivity contribution in [3.05, 3.63) is 40.7 Å². The molecular formula is C18H21N3O3. The van der Waals surface area contributed by atoms with Gasteiger partial charge >= 0.3 is 0 Å². The van der Waals surface area contributed by atoms with Crippen LogP contribution in [0.3, 0.4) is 0 Å². The van der Waals surface area contributed by atoms with Crippen LogP contribution in [0, 0.1) is 13.8 Å². The first-order valence-corrected chi connectivity index (χ1v) is 8.27. The lowest BCUT2D eigenvalue weighted by molar-refractivity contribution is 0.0730. The molecule has 2 aliphatic heterocycles. The minimum Gasteiger partial charge on any atom is -0.454 e. The van der Waals surface area contributed by atoms with Crippen LogP contribution < -0.4 is 9.47 Å². The smallest absolute Gasteiger partial charge is 0.258 e. The number of amides is 1. The second-order valence-corrected chi connectivity index (χ2v) is 6.40. The topological polar surface area (TPSA) is 56.6 Å². The number of nitrogens with zero attached hydrogens (tertiary/aromatic N) is 3. The second-order valence-electron chi connectivity index (χ2n) is 6.40. The van der Waals surface area contributed by atoms with Crippen LogP contribution in [0.4, 0.5) is 0 Å². The highest BCUT2D eigenvalue weighted by Gasteiger charge is 2.36. The Hall–Kier alpha value is -2.50. The summed E-state index contributed by atoms with van der Waals surface area (Å²) in [6.07, 6.45) is 1.96. The van der Waals surface area contributed by atoms with E-state index in [1.54, 1.807) is 0 Å². The zero-order valence-corrected chi connectivity index (χ0v) is 14.2. The number of para-hydroxylation sites is 1. The van der Waals surface area contributed by atoms with Crippen LogP contribution in [-0.2, 0) is 7.05 Å². The first-order valence-electron chi connectivity index (χ1n) is 8.27. The van der Waals surface area contributed by atoms with Crippen LogP contribution in [0.2, 0.25) is 0 Å². The molecule has 2 aromatic rings. The molecule has 1 fully saturated rings. The summed E-state index contributed by atoms with van der Waals surface area (Å²) in [4.78, 5) is 15.1. The van der Waals surface area contributed by atoms with Crippen LogP contribution in [0.15, 0.2) is 18.2 Å². The summed E-state index contributed by atoms with van der Waals surface area (Å²) in [7, 11) is 1.95. The van der Waals surface area contributed by atoms with E-state index in [1.165, 1.54) is 5.56 Å². The largest absolute Gasteiger partial charge is 0.454 e. The molecule has 126 valence electrons. The zero-order chi connectivity index (χ0) is 16.8. The molecule has 6 nitrogen and oxygen atoms in total. The highest BCUT2D eigenvalue weighted by atomic mass is 16.7. The SMILES string of the molecule is Cc1nn(C)c(C)c1[C@H]1CCCN1C(=O)c1cccc2c1OCO2. The molecule has 1 aromatic carbocycles. The van der Waals surface area contributed by atoms with Gasteiger partial charge in [0.2, 0.25) is 6.79 Å². The van der Waals surface area contributed by atoms with E-state index in [-0.39, 0.29) is 18.7 Å².